The zero-order valence-corrected chi connectivity index (χ0v) is 9.39. The van der Waals surface area contributed by atoms with Crippen LogP contribution in [0.4, 0.5) is 10.5 Å². The van der Waals surface area contributed by atoms with Crippen LogP contribution in [0.15, 0.2) is 29.4 Å². The SMILES string of the molecule is [N-]=[N+]=NC[C@@H]1OC(=O)N2c3ccccc3OC[C@@H]12. The number of ether oxygens (including phenoxy) is 2. The lowest BCUT2D eigenvalue weighted by Crippen LogP contribution is -2.45. The van der Waals surface area contributed by atoms with Gasteiger partial charge in [0.15, 0.2) is 0 Å². The third-order valence-electron chi connectivity index (χ3n) is 3.07. The molecule has 2 heterocycles. The van der Waals surface area contributed by atoms with Gasteiger partial charge >= 0.3 is 6.09 Å². The lowest BCUT2D eigenvalue weighted by Gasteiger charge is -2.30. The second kappa shape index (κ2) is 4.12. The minimum Gasteiger partial charge on any atom is -0.489 e. The van der Waals surface area contributed by atoms with Crippen molar-refractivity contribution in [3.05, 3.63) is 34.7 Å². The number of carbonyl (C=O) groups is 1. The maximum atomic E-state index is 11.9. The van der Waals surface area contributed by atoms with Gasteiger partial charge in [0.2, 0.25) is 0 Å². The Hall–Kier alpha value is -2.40. The quantitative estimate of drug-likeness (QED) is 0.454. The van der Waals surface area contributed by atoms with Gasteiger partial charge in [-0.1, -0.05) is 17.2 Å². The van der Waals surface area contributed by atoms with Gasteiger partial charge in [0.25, 0.3) is 0 Å². The molecule has 7 nitrogen and oxygen atoms in total. The first-order chi connectivity index (χ1) is 8.81. The van der Waals surface area contributed by atoms with Crippen LogP contribution in [0.25, 0.3) is 10.4 Å². The van der Waals surface area contributed by atoms with Crippen LogP contribution in [0, 0.1) is 0 Å². The normalized spacial score (nSPS) is 24.4. The molecule has 0 aliphatic carbocycles. The molecule has 1 saturated heterocycles. The predicted molar refractivity (Wildman–Crippen MR) is 62.5 cm³/mol. The molecule has 1 amide bonds. The highest BCUT2D eigenvalue weighted by Gasteiger charge is 2.45. The molecule has 1 fully saturated rings. The Morgan fingerprint density at radius 1 is 1.50 bits per heavy atom. The van der Waals surface area contributed by atoms with Crippen LogP contribution in [-0.2, 0) is 4.74 Å². The van der Waals surface area contributed by atoms with Gasteiger partial charge in [-0.2, -0.15) is 0 Å². The Labute approximate surface area is 103 Å². The summed E-state index contributed by atoms with van der Waals surface area (Å²) >= 11 is 0. The van der Waals surface area contributed by atoms with Crippen molar-refractivity contribution >= 4 is 11.8 Å². The molecule has 2 aliphatic rings. The van der Waals surface area contributed by atoms with Gasteiger partial charge in [0.05, 0.1) is 12.2 Å². The molecule has 0 radical (unpaired) electrons. The van der Waals surface area contributed by atoms with E-state index in [1.54, 1.807) is 17.0 Å². The highest BCUT2D eigenvalue weighted by molar-refractivity contribution is 5.93. The van der Waals surface area contributed by atoms with Crippen molar-refractivity contribution in [3.8, 4) is 5.75 Å². The number of azide groups is 1. The van der Waals surface area contributed by atoms with Crippen LogP contribution >= 0.6 is 0 Å². The van der Waals surface area contributed by atoms with Gasteiger partial charge in [-0.3, -0.25) is 4.90 Å². The summed E-state index contributed by atoms with van der Waals surface area (Å²) in [7, 11) is 0. The second-order valence-electron chi connectivity index (χ2n) is 4.05. The third kappa shape index (κ3) is 1.53. The van der Waals surface area contributed by atoms with Crippen molar-refractivity contribution in [2.24, 2.45) is 5.11 Å². The van der Waals surface area contributed by atoms with Gasteiger partial charge in [-0.05, 0) is 17.7 Å². The van der Waals surface area contributed by atoms with E-state index in [1.807, 2.05) is 12.1 Å². The van der Waals surface area contributed by atoms with Crippen LogP contribution in [0.5, 0.6) is 5.75 Å². The summed E-state index contributed by atoms with van der Waals surface area (Å²) in [5.74, 6) is 0.662. The highest BCUT2D eigenvalue weighted by Crippen LogP contribution is 2.38. The number of anilines is 1. The van der Waals surface area contributed by atoms with E-state index in [0.29, 0.717) is 18.0 Å². The first-order valence-corrected chi connectivity index (χ1v) is 5.54. The first kappa shape index (κ1) is 10.7. The molecular formula is C11H10N4O3. The number of hydrogen-bond acceptors (Lipinski definition) is 4. The maximum absolute atomic E-state index is 11.9. The van der Waals surface area contributed by atoms with Crippen LogP contribution in [-0.4, -0.2) is 31.4 Å². The second-order valence-corrected chi connectivity index (χ2v) is 4.05. The smallest absolute Gasteiger partial charge is 0.415 e. The average molecular weight is 246 g/mol. The molecule has 2 atom stereocenters. The summed E-state index contributed by atoms with van der Waals surface area (Å²) in [4.78, 5) is 16.1. The van der Waals surface area contributed by atoms with E-state index in [9.17, 15) is 4.79 Å². The molecule has 1 aromatic rings. The Bertz CT molecular complexity index is 541. The number of hydrogen-bond donors (Lipinski definition) is 0. The number of rotatable bonds is 2. The summed E-state index contributed by atoms with van der Waals surface area (Å²) in [5, 5.41) is 3.46. The zero-order chi connectivity index (χ0) is 12.5. The fraction of sp³-hybridized carbons (Fsp3) is 0.364. The maximum Gasteiger partial charge on any atom is 0.415 e. The summed E-state index contributed by atoms with van der Waals surface area (Å²) in [6.45, 7) is 0.462. The van der Waals surface area contributed by atoms with Crippen molar-refractivity contribution in [3.63, 3.8) is 0 Å². The molecular weight excluding hydrogens is 236 g/mol. The Morgan fingerprint density at radius 3 is 3.17 bits per heavy atom. The zero-order valence-electron chi connectivity index (χ0n) is 9.39. The van der Waals surface area contributed by atoms with Crippen molar-refractivity contribution in [1.82, 2.24) is 0 Å². The number of para-hydroxylation sites is 2. The number of amides is 1. The van der Waals surface area contributed by atoms with E-state index in [0.717, 1.165) is 0 Å². The van der Waals surface area contributed by atoms with Gasteiger partial charge in [-0.25, -0.2) is 4.79 Å². The van der Waals surface area contributed by atoms with Crippen LogP contribution in [0.3, 0.4) is 0 Å². The van der Waals surface area contributed by atoms with Crippen molar-refractivity contribution < 1.29 is 14.3 Å². The Kier molecular flexibility index (Phi) is 2.46. The van der Waals surface area contributed by atoms with Crippen LogP contribution in [0.1, 0.15) is 0 Å². The number of fused-ring (bicyclic) bond motifs is 3. The monoisotopic (exact) mass is 246 g/mol. The largest absolute Gasteiger partial charge is 0.489 e. The van der Waals surface area contributed by atoms with E-state index in [4.69, 9.17) is 15.0 Å². The standard InChI is InChI=1S/C11H10N4O3/c12-14-13-5-10-8-6-17-9-4-2-1-3-7(9)15(8)11(16)18-10/h1-4,8,10H,5-6H2/t8-,10-/m0/s1. The Morgan fingerprint density at radius 2 is 2.33 bits per heavy atom. The molecule has 2 aliphatic heterocycles. The molecule has 0 N–H and O–H groups in total. The van der Waals surface area contributed by atoms with Crippen molar-refractivity contribution in [2.75, 3.05) is 18.1 Å². The molecule has 92 valence electrons. The van der Waals surface area contributed by atoms with Crippen LogP contribution in [0.2, 0.25) is 0 Å². The average Bonchev–Trinajstić information content (AvgIpc) is 2.73. The molecule has 7 heteroatoms. The molecule has 18 heavy (non-hydrogen) atoms. The fourth-order valence-electron chi connectivity index (χ4n) is 2.25. The summed E-state index contributed by atoms with van der Waals surface area (Å²) < 4.78 is 10.8. The lowest BCUT2D eigenvalue weighted by molar-refractivity contribution is 0.126. The summed E-state index contributed by atoms with van der Waals surface area (Å²) in [6.07, 6.45) is -0.879. The summed E-state index contributed by atoms with van der Waals surface area (Å²) in [5.41, 5.74) is 9.02. The molecule has 0 unspecified atom stereocenters. The van der Waals surface area contributed by atoms with Crippen molar-refractivity contribution in [2.45, 2.75) is 12.1 Å². The van der Waals surface area contributed by atoms with Gasteiger partial charge < -0.3 is 9.47 Å². The van der Waals surface area contributed by atoms with Crippen molar-refractivity contribution in [1.29, 1.82) is 0 Å². The fourth-order valence-corrected chi connectivity index (χ4v) is 2.25. The van der Waals surface area contributed by atoms with Gasteiger partial charge in [0, 0.05) is 4.91 Å². The molecule has 3 rings (SSSR count). The van der Waals surface area contributed by atoms with E-state index in [2.05, 4.69) is 10.0 Å². The minimum absolute atomic E-state index is 0.120. The number of cyclic esters (lactones) is 1. The van der Waals surface area contributed by atoms with Gasteiger partial charge in [0.1, 0.15) is 24.5 Å². The van der Waals surface area contributed by atoms with E-state index in [1.165, 1.54) is 0 Å². The summed E-state index contributed by atoms with van der Waals surface area (Å²) in [6, 6.07) is 7.05. The van der Waals surface area contributed by atoms with Gasteiger partial charge in [-0.15, -0.1) is 0 Å². The molecule has 0 bridgehead atoms. The molecule has 0 aromatic heterocycles. The predicted octanol–water partition coefficient (Wildman–Crippen LogP) is 2.08. The molecule has 1 aromatic carbocycles. The number of carbonyl (C=O) groups excluding carboxylic acids is 1. The van der Waals surface area contributed by atoms with Crippen LogP contribution < -0.4 is 9.64 Å². The van der Waals surface area contributed by atoms with E-state index < -0.39 is 12.2 Å². The first-order valence-electron chi connectivity index (χ1n) is 5.54. The molecule has 0 spiro atoms. The lowest BCUT2D eigenvalue weighted by atomic mass is 10.1. The third-order valence-corrected chi connectivity index (χ3v) is 3.07. The van der Waals surface area contributed by atoms with E-state index >= 15 is 0 Å². The molecule has 0 saturated carbocycles. The number of nitrogens with zero attached hydrogens (tertiary/aromatic N) is 4. The Balaban J connectivity index is 1.94. The van der Waals surface area contributed by atoms with E-state index in [-0.39, 0.29) is 12.6 Å². The highest BCUT2D eigenvalue weighted by atomic mass is 16.6. The topological polar surface area (TPSA) is 87.5 Å². The minimum atomic E-state index is -0.457. The number of benzene rings is 1.